The van der Waals surface area contributed by atoms with Crippen LogP contribution in [0.3, 0.4) is 0 Å². The van der Waals surface area contributed by atoms with E-state index in [0.717, 1.165) is 5.56 Å². The molecule has 0 heterocycles. The van der Waals surface area contributed by atoms with Gasteiger partial charge in [-0.3, -0.25) is 0 Å². The first kappa shape index (κ1) is 14.3. The van der Waals surface area contributed by atoms with E-state index in [-0.39, 0.29) is 6.04 Å². The molecule has 0 amide bonds. The van der Waals surface area contributed by atoms with Gasteiger partial charge in [-0.1, -0.05) is 42.2 Å². The molecule has 0 aliphatic carbocycles. The minimum absolute atomic E-state index is 0.225. The van der Waals surface area contributed by atoms with Crippen molar-refractivity contribution < 1.29 is 9.94 Å². The van der Waals surface area contributed by atoms with Crippen molar-refractivity contribution in [2.75, 3.05) is 6.61 Å². The molecule has 1 aromatic carbocycles. The maximum absolute atomic E-state index is 9.85. The summed E-state index contributed by atoms with van der Waals surface area (Å²) in [5, 5.41) is 11.1. The Kier molecular flexibility index (Phi) is 6.63. The number of ether oxygens (including phenoxy) is 1. The fraction of sp³-hybridized carbons (Fsp3) is 0.333. The number of hydroxylamine groups is 2. The quantitative estimate of drug-likeness (QED) is 0.492. The van der Waals surface area contributed by atoms with Crippen LogP contribution in [-0.2, 0) is 11.3 Å². The van der Waals surface area contributed by atoms with Gasteiger partial charge < -0.3 is 9.94 Å². The van der Waals surface area contributed by atoms with Crippen LogP contribution in [0.5, 0.6) is 0 Å². The predicted octanol–water partition coefficient (Wildman–Crippen LogP) is 2.82. The predicted molar refractivity (Wildman–Crippen MR) is 71.8 cm³/mol. The van der Waals surface area contributed by atoms with Crippen molar-refractivity contribution in [3.05, 3.63) is 48.2 Å². The highest BCUT2D eigenvalue weighted by molar-refractivity contribution is 5.18. The summed E-state index contributed by atoms with van der Waals surface area (Å²) >= 11 is 0. The molecule has 3 nitrogen and oxygen atoms in total. The second-order valence-corrected chi connectivity index (χ2v) is 3.81. The summed E-state index contributed by atoms with van der Waals surface area (Å²) in [7, 11) is 0. The van der Waals surface area contributed by atoms with Crippen LogP contribution in [0.4, 0.5) is 0 Å². The summed E-state index contributed by atoms with van der Waals surface area (Å²) in [6.45, 7) is 4.86. The van der Waals surface area contributed by atoms with Crippen molar-refractivity contribution in [3.8, 4) is 11.8 Å². The highest BCUT2D eigenvalue weighted by atomic mass is 16.5. The Bertz CT molecular complexity index is 417. The van der Waals surface area contributed by atoms with Gasteiger partial charge in [0.1, 0.15) is 0 Å². The normalized spacial score (nSPS) is 12.2. The lowest BCUT2D eigenvalue weighted by atomic mass is 10.2. The van der Waals surface area contributed by atoms with E-state index in [0.29, 0.717) is 13.2 Å². The molecule has 1 atom stereocenters. The highest BCUT2D eigenvalue weighted by Crippen LogP contribution is 2.04. The second-order valence-electron chi connectivity index (χ2n) is 3.81. The molecule has 96 valence electrons. The Morgan fingerprint density at radius 3 is 2.78 bits per heavy atom. The van der Waals surface area contributed by atoms with Crippen LogP contribution in [-0.4, -0.2) is 22.9 Å². The first-order valence-corrected chi connectivity index (χ1v) is 6.01. The van der Waals surface area contributed by atoms with E-state index in [1.54, 1.807) is 12.3 Å². The zero-order chi connectivity index (χ0) is 13.2. The molecule has 1 N–H and O–H groups in total. The topological polar surface area (TPSA) is 32.7 Å². The van der Waals surface area contributed by atoms with Gasteiger partial charge in [-0.05, 0) is 19.4 Å². The van der Waals surface area contributed by atoms with Gasteiger partial charge in [0.15, 0.2) is 0 Å². The zero-order valence-electron chi connectivity index (χ0n) is 10.8. The van der Waals surface area contributed by atoms with Crippen LogP contribution >= 0.6 is 0 Å². The smallest absolute Gasteiger partial charge is 0.0935 e. The molecule has 3 heteroatoms. The maximum Gasteiger partial charge on any atom is 0.0935 e. The first-order chi connectivity index (χ1) is 8.74. The van der Waals surface area contributed by atoms with Crippen molar-refractivity contribution in [1.29, 1.82) is 0 Å². The molecule has 0 saturated heterocycles. The van der Waals surface area contributed by atoms with E-state index in [1.165, 1.54) is 5.06 Å². The van der Waals surface area contributed by atoms with E-state index in [2.05, 4.69) is 11.8 Å². The van der Waals surface area contributed by atoms with Gasteiger partial charge in [-0.25, -0.2) is 0 Å². The Morgan fingerprint density at radius 2 is 2.11 bits per heavy atom. The Balaban J connectivity index is 2.44. The third-order valence-corrected chi connectivity index (χ3v) is 2.34. The molecule has 0 spiro atoms. The second kappa shape index (κ2) is 8.35. The summed E-state index contributed by atoms with van der Waals surface area (Å²) in [4.78, 5) is 0. The molecule has 0 saturated carbocycles. The molecule has 18 heavy (non-hydrogen) atoms. The van der Waals surface area contributed by atoms with E-state index in [9.17, 15) is 5.21 Å². The standard InChI is InChI=1S/C15H19NO2/c1-3-18-12-8-7-9-14(2)16(17)13-15-10-5-4-6-11-15/h4-6,8,10-12,14,17H,3,13H2,1-2H3/b12-8+. The zero-order valence-corrected chi connectivity index (χ0v) is 10.8. The summed E-state index contributed by atoms with van der Waals surface area (Å²) in [5.41, 5.74) is 1.05. The van der Waals surface area contributed by atoms with Gasteiger partial charge in [-0.2, -0.15) is 5.06 Å². The lowest BCUT2D eigenvalue weighted by molar-refractivity contribution is -0.114. The Hall–Kier alpha value is -1.76. The summed E-state index contributed by atoms with van der Waals surface area (Å²) in [6, 6.07) is 9.56. The fourth-order valence-electron chi connectivity index (χ4n) is 1.33. The highest BCUT2D eigenvalue weighted by Gasteiger charge is 2.07. The molecule has 0 aliphatic rings. The van der Waals surface area contributed by atoms with E-state index < -0.39 is 0 Å². The fourth-order valence-corrected chi connectivity index (χ4v) is 1.33. The third kappa shape index (κ3) is 5.53. The van der Waals surface area contributed by atoms with Gasteiger partial charge in [0, 0.05) is 6.08 Å². The van der Waals surface area contributed by atoms with Crippen LogP contribution in [0.2, 0.25) is 0 Å². The molecule has 0 aliphatic heterocycles. The number of rotatable bonds is 5. The average Bonchev–Trinajstić information content (AvgIpc) is 2.39. The number of benzene rings is 1. The largest absolute Gasteiger partial charge is 0.501 e. The molecule has 1 rings (SSSR count). The van der Waals surface area contributed by atoms with Gasteiger partial charge in [-0.15, -0.1) is 0 Å². The molecule has 0 radical (unpaired) electrons. The van der Waals surface area contributed by atoms with Gasteiger partial charge in [0.25, 0.3) is 0 Å². The van der Waals surface area contributed by atoms with Gasteiger partial charge >= 0.3 is 0 Å². The number of allylic oxidation sites excluding steroid dienone is 1. The average molecular weight is 245 g/mol. The molecule has 1 unspecified atom stereocenters. The van der Waals surface area contributed by atoms with E-state index in [1.807, 2.05) is 44.2 Å². The number of nitrogens with zero attached hydrogens (tertiary/aromatic N) is 1. The van der Waals surface area contributed by atoms with E-state index >= 15 is 0 Å². The van der Waals surface area contributed by atoms with Crippen molar-refractivity contribution >= 4 is 0 Å². The van der Waals surface area contributed by atoms with Crippen LogP contribution in [0.1, 0.15) is 19.4 Å². The van der Waals surface area contributed by atoms with E-state index in [4.69, 9.17) is 4.74 Å². The van der Waals surface area contributed by atoms with Crippen molar-refractivity contribution in [3.63, 3.8) is 0 Å². The lowest BCUT2D eigenvalue weighted by Gasteiger charge is -2.17. The summed E-state index contributed by atoms with van der Waals surface area (Å²) in [5.74, 6) is 5.75. The van der Waals surface area contributed by atoms with Crippen molar-refractivity contribution in [2.45, 2.75) is 26.4 Å². The lowest BCUT2D eigenvalue weighted by Crippen LogP contribution is -2.27. The molecule has 0 aromatic heterocycles. The van der Waals surface area contributed by atoms with Crippen LogP contribution in [0, 0.1) is 11.8 Å². The molecular formula is C15H19NO2. The monoisotopic (exact) mass is 245 g/mol. The summed E-state index contributed by atoms with van der Waals surface area (Å²) < 4.78 is 5.01. The van der Waals surface area contributed by atoms with Crippen molar-refractivity contribution in [2.24, 2.45) is 0 Å². The van der Waals surface area contributed by atoms with Crippen LogP contribution < -0.4 is 0 Å². The van der Waals surface area contributed by atoms with Crippen LogP contribution in [0.15, 0.2) is 42.7 Å². The van der Waals surface area contributed by atoms with Gasteiger partial charge in [0.2, 0.25) is 0 Å². The Morgan fingerprint density at radius 1 is 1.39 bits per heavy atom. The first-order valence-electron chi connectivity index (χ1n) is 6.01. The van der Waals surface area contributed by atoms with Crippen LogP contribution in [0.25, 0.3) is 0 Å². The SMILES string of the molecule is CCO/C=C/C#CC(C)N(O)Cc1ccccc1. The molecule has 0 bridgehead atoms. The minimum atomic E-state index is -0.225. The third-order valence-electron chi connectivity index (χ3n) is 2.34. The Labute approximate surface area is 109 Å². The summed E-state index contributed by atoms with van der Waals surface area (Å²) in [6.07, 6.45) is 3.19. The molecular weight excluding hydrogens is 226 g/mol. The minimum Gasteiger partial charge on any atom is -0.501 e. The number of hydrogen-bond donors (Lipinski definition) is 1. The maximum atomic E-state index is 9.85. The molecule has 1 aromatic rings. The molecule has 0 fully saturated rings. The number of hydrogen-bond acceptors (Lipinski definition) is 3. The van der Waals surface area contributed by atoms with Crippen molar-refractivity contribution in [1.82, 2.24) is 5.06 Å². The van der Waals surface area contributed by atoms with Gasteiger partial charge in [0.05, 0.1) is 25.5 Å².